The standard InChI is InChI=1S/C14H13F2NO2S/c1-7-3-10(20-8(7)2)6-17-13-11(15)4-9(14(18)19)5-12(13)16/h3-5,17H,6H2,1-2H3,(H,18,19). The number of hydrogen-bond donors (Lipinski definition) is 2. The summed E-state index contributed by atoms with van der Waals surface area (Å²) in [7, 11) is 0. The van der Waals surface area contributed by atoms with Gasteiger partial charge < -0.3 is 10.4 Å². The lowest BCUT2D eigenvalue weighted by Gasteiger charge is -2.08. The highest BCUT2D eigenvalue weighted by molar-refractivity contribution is 7.12. The van der Waals surface area contributed by atoms with Crippen LogP contribution in [-0.4, -0.2) is 11.1 Å². The molecule has 0 aliphatic heterocycles. The molecule has 0 fully saturated rings. The maximum Gasteiger partial charge on any atom is 0.335 e. The number of halogens is 2. The van der Waals surface area contributed by atoms with E-state index in [1.54, 1.807) is 11.3 Å². The van der Waals surface area contributed by atoms with Gasteiger partial charge in [0.25, 0.3) is 0 Å². The quantitative estimate of drug-likeness (QED) is 0.898. The number of hydrogen-bond acceptors (Lipinski definition) is 3. The minimum atomic E-state index is -1.36. The number of nitrogens with one attached hydrogen (secondary N) is 1. The molecule has 0 spiro atoms. The van der Waals surface area contributed by atoms with Gasteiger partial charge in [0.1, 0.15) is 17.3 Å². The summed E-state index contributed by atoms with van der Waals surface area (Å²) < 4.78 is 27.4. The molecule has 6 heteroatoms. The van der Waals surface area contributed by atoms with Crippen LogP contribution in [0.1, 0.15) is 25.7 Å². The number of thiophene rings is 1. The van der Waals surface area contributed by atoms with Gasteiger partial charge in [-0.3, -0.25) is 0 Å². The molecule has 2 N–H and O–H groups in total. The smallest absolute Gasteiger partial charge is 0.335 e. The van der Waals surface area contributed by atoms with Gasteiger partial charge in [-0.1, -0.05) is 0 Å². The molecule has 0 amide bonds. The second-order valence-electron chi connectivity index (χ2n) is 4.43. The van der Waals surface area contributed by atoms with Crippen LogP contribution >= 0.6 is 11.3 Å². The number of anilines is 1. The van der Waals surface area contributed by atoms with Gasteiger partial charge in [0, 0.05) is 16.3 Å². The molecule has 0 saturated heterocycles. The first-order valence-electron chi connectivity index (χ1n) is 5.90. The van der Waals surface area contributed by atoms with Crippen LogP contribution in [0.2, 0.25) is 0 Å². The summed E-state index contributed by atoms with van der Waals surface area (Å²) in [5.41, 5.74) is 0.418. The van der Waals surface area contributed by atoms with E-state index in [2.05, 4.69) is 5.32 Å². The molecule has 1 heterocycles. The molecule has 3 nitrogen and oxygen atoms in total. The fraction of sp³-hybridized carbons (Fsp3) is 0.214. The van der Waals surface area contributed by atoms with Crippen molar-refractivity contribution in [1.82, 2.24) is 0 Å². The highest BCUT2D eigenvalue weighted by Crippen LogP contribution is 2.25. The lowest BCUT2D eigenvalue weighted by molar-refractivity contribution is 0.0696. The average Bonchev–Trinajstić information content (AvgIpc) is 2.67. The summed E-state index contributed by atoms with van der Waals surface area (Å²) >= 11 is 1.55. The van der Waals surface area contributed by atoms with Crippen molar-refractivity contribution in [3.05, 3.63) is 50.7 Å². The van der Waals surface area contributed by atoms with Gasteiger partial charge in [0.05, 0.1) is 5.56 Å². The van der Waals surface area contributed by atoms with E-state index >= 15 is 0 Å². The zero-order valence-electron chi connectivity index (χ0n) is 11.0. The Labute approximate surface area is 118 Å². The number of aromatic carboxylic acids is 1. The summed E-state index contributed by atoms with van der Waals surface area (Å²) in [6, 6.07) is 3.56. The molecule has 0 aliphatic carbocycles. The van der Waals surface area contributed by atoms with E-state index in [1.807, 2.05) is 19.9 Å². The van der Waals surface area contributed by atoms with Crippen LogP contribution in [-0.2, 0) is 6.54 Å². The van der Waals surface area contributed by atoms with E-state index in [9.17, 15) is 13.6 Å². The van der Waals surface area contributed by atoms with Crippen molar-refractivity contribution in [1.29, 1.82) is 0 Å². The van der Waals surface area contributed by atoms with Gasteiger partial charge >= 0.3 is 5.97 Å². The van der Waals surface area contributed by atoms with Crippen LogP contribution in [0.4, 0.5) is 14.5 Å². The minimum absolute atomic E-state index is 0.291. The Morgan fingerprint density at radius 2 is 1.85 bits per heavy atom. The lowest BCUT2D eigenvalue weighted by atomic mass is 10.2. The first-order valence-corrected chi connectivity index (χ1v) is 6.72. The number of carboxylic acid groups (broad SMARTS) is 1. The van der Waals surface area contributed by atoms with E-state index in [-0.39, 0.29) is 5.69 Å². The second-order valence-corrected chi connectivity index (χ2v) is 5.77. The summed E-state index contributed by atoms with van der Waals surface area (Å²) in [5.74, 6) is -3.18. The number of aryl methyl sites for hydroxylation is 2. The molecule has 0 aliphatic rings. The fourth-order valence-electron chi connectivity index (χ4n) is 1.78. The van der Waals surface area contributed by atoms with Crippen molar-refractivity contribution in [2.45, 2.75) is 20.4 Å². The third kappa shape index (κ3) is 2.96. The predicted molar refractivity (Wildman–Crippen MR) is 74.4 cm³/mol. The summed E-state index contributed by atoms with van der Waals surface area (Å²) in [5, 5.41) is 11.4. The van der Waals surface area contributed by atoms with Crippen molar-refractivity contribution >= 4 is 23.0 Å². The molecule has 106 valence electrons. The number of rotatable bonds is 4. The molecule has 1 aromatic heterocycles. The SMILES string of the molecule is Cc1cc(CNc2c(F)cc(C(=O)O)cc2F)sc1C. The number of carboxylic acids is 1. The summed E-state index contributed by atoms with van der Waals surface area (Å²) in [6.07, 6.45) is 0. The van der Waals surface area contributed by atoms with Crippen LogP contribution in [0.3, 0.4) is 0 Å². The first-order chi connectivity index (χ1) is 9.38. The zero-order valence-corrected chi connectivity index (χ0v) is 11.8. The Balaban J connectivity index is 2.19. The van der Waals surface area contributed by atoms with Crippen LogP contribution in [0.25, 0.3) is 0 Å². The third-order valence-electron chi connectivity index (χ3n) is 2.95. The molecular formula is C14H13F2NO2S. The average molecular weight is 297 g/mol. The molecule has 0 radical (unpaired) electrons. The Morgan fingerprint density at radius 3 is 2.30 bits per heavy atom. The van der Waals surface area contributed by atoms with Gasteiger partial charge in [-0.05, 0) is 37.6 Å². The Hall–Kier alpha value is -1.95. The summed E-state index contributed by atoms with van der Waals surface area (Å²) in [4.78, 5) is 12.8. The second kappa shape index (κ2) is 5.58. The zero-order chi connectivity index (χ0) is 14.9. The van der Waals surface area contributed by atoms with E-state index in [4.69, 9.17) is 5.11 Å². The van der Waals surface area contributed by atoms with Crippen molar-refractivity contribution in [3.63, 3.8) is 0 Å². The van der Waals surface area contributed by atoms with Crippen LogP contribution < -0.4 is 5.32 Å². The van der Waals surface area contributed by atoms with Crippen molar-refractivity contribution in [2.75, 3.05) is 5.32 Å². The molecule has 0 saturated carbocycles. The molecule has 20 heavy (non-hydrogen) atoms. The molecule has 0 unspecified atom stereocenters. The monoisotopic (exact) mass is 297 g/mol. The van der Waals surface area contributed by atoms with Crippen LogP contribution in [0.15, 0.2) is 18.2 Å². The molecule has 0 atom stereocenters. The van der Waals surface area contributed by atoms with E-state index in [1.165, 1.54) is 0 Å². The summed E-state index contributed by atoms with van der Waals surface area (Å²) in [6.45, 7) is 4.24. The van der Waals surface area contributed by atoms with E-state index in [0.29, 0.717) is 6.54 Å². The van der Waals surface area contributed by atoms with Crippen LogP contribution in [0, 0.1) is 25.5 Å². The molecule has 2 aromatic rings. The number of carbonyl (C=O) groups is 1. The maximum atomic E-state index is 13.7. The largest absolute Gasteiger partial charge is 0.478 e. The van der Waals surface area contributed by atoms with Crippen molar-refractivity contribution in [2.24, 2.45) is 0 Å². The topological polar surface area (TPSA) is 49.3 Å². The maximum absolute atomic E-state index is 13.7. The van der Waals surface area contributed by atoms with Crippen LogP contribution in [0.5, 0.6) is 0 Å². The van der Waals surface area contributed by atoms with Gasteiger partial charge in [0.15, 0.2) is 0 Å². The lowest BCUT2D eigenvalue weighted by Crippen LogP contribution is -2.06. The van der Waals surface area contributed by atoms with E-state index in [0.717, 1.165) is 27.5 Å². The molecule has 0 bridgehead atoms. The van der Waals surface area contributed by atoms with Gasteiger partial charge in [-0.25, -0.2) is 13.6 Å². The normalized spacial score (nSPS) is 10.6. The van der Waals surface area contributed by atoms with Gasteiger partial charge in [-0.15, -0.1) is 11.3 Å². The Morgan fingerprint density at radius 1 is 1.25 bits per heavy atom. The van der Waals surface area contributed by atoms with Crippen molar-refractivity contribution < 1.29 is 18.7 Å². The Kier molecular flexibility index (Phi) is 4.04. The molecule has 1 aromatic carbocycles. The van der Waals surface area contributed by atoms with E-state index < -0.39 is 23.2 Å². The minimum Gasteiger partial charge on any atom is -0.478 e. The first kappa shape index (κ1) is 14.5. The highest BCUT2D eigenvalue weighted by Gasteiger charge is 2.14. The molecular weight excluding hydrogens is 284 g/mol. The Bertz CT molecular complexity index is 625. The predicted octanol–water partition coefficient (Wildman–Crippen LogP) is 3.95. The van der Waals surface area contributed by atoms with Gasteiger partial charge in [-0.2, -0.15) is 0 Å². The molecule has 2 rings (SSSR count). The highest BCUT2D eigenvalue weighted by atomic mass is 32.1. The number of benzene rings is 1. The third-order valence-corrected chi connectivity index (χ3v) is 4.10. The fourth-order valence-corrected chi connectivity index (χ4v) is 2.77. The van der Waals surface area contributed by atoms with Gasteiger partial charge in [0.2, 0.25) is 0 Å². The van der Waals surface area contributed by atoms with Crippen molar-refractivity contribution in [3.8, 4) is 0 Å².